The summed E-state index contributed by atoms with van der Waals surface area (Å²) < 4.78 is 0. The molecule has 0 saturated heterocycles. The second kappa shape index (κ2) is 3.35. The van der Waals surface area contributed by atoms with Crippen molar-refractivity contribution in [3.05, 3.63) is 0 Å². The first kappa shape index (κ1) is 10.0. The number of hydrogen-bond acceptors (Lipinski definition) is 2. The van der Waals surface area contributed by atoms with E-state index >= 15 is 0 Å². The lowest BCUT2D eigenvalue weighted by atomic mass is 9.73. The minimum Gasteiger partial charge on any atom is -0.390 e. The number of aliphatic hydroxyl groups is 2. The Balaban J connectivity index is 2.52. The van der Waals surface area contributed by atoms with Crippen molar-refractivity contribution >= 4 is 0 Å². The summed E-state index contributed by atoms with van der Waals surface area (Å²) in [5.41, 5.74) is -0.842. The van der Waals surface area contributed by atoms with Crippen LogP contribution in [0.25, 0.3) is 0 Å². The number of hydrogen-bond donors (Lipinski definition) is 2. The fourth-order valence-corrected chi connectivity index (χ4v) is 1.91. The molecule has 2 nitrogen and oxygen atoms in total. The number of aliphatic hydroxyl groups excluding tert-OH is 1. The number of rotatable bonds is 1. The third-order valence-electron chi connectivity index (χ3n) is 3.21. The summed E-state index contributed by atoms with van der Waals surface area (Å²) in [6.45, 7) is 6.09. The Morgan fingerprint density at radius 3 is 2.42 bits per heavy atom. The van der Waals surface area contributed by atoms with Crippen LogP contribution in [-0.2, 0) is 0 Å². The summed E-state index contributed by atoms with van der Waals surface area (Å²) in [4.78, 5) is 0. The SMILES string of the molecule is CC(C)C1CCC(C)(O)C(O)C1. The monoisotopic (exact) mass is 172 g/mol. The van der Waals surface area contributed by atoms with E-state index in [1.165, 1.54) is 0 Å². The maximum Gasteiger partial charge on any atom is 0.0877 e. The van der Waals surface area contributed by atoms with Crippen LogP contribution in [0.4, 0.5) is 0 Å². The lowest BCUT2D eigenvalue weighted by Gasteiger charge is -2.39. The second-order valence-corrected chi connectivity index (χ2v) is 4.65. The molecule has 0 radical (unpaired) electrons. The van der Waals surface area contributed by atoms with Gasteiger partial charge in [0.05, 0.1) is 11.7 Å². The van der Waals surface area contributed by atoms with Gasteiger partial charge in [-0.2, -0.15) is 0 Å². The second-order valence-electron chi connectivity index (χ2n) is 4.65. The van der Waals surface area contributed by atoms with E-state index in [-0.39, 0.29) is 0 Å². The lowest BCUT2D eigenvalue weighted by Crippen LogP contribution is -2.45. The predicted molar refractivity (Wildman–Crippen MR) is 48.8 cm³/mol. The first-order valence-electron chi connectivity index (χ1n) is 4.84. The summed E-state index contributed by atoms with van der Waals surface area (Å²) in [5.74, 6) is 1.20. The van der Waals surface area contributed by atoms with E-state index in [1.54, 1.807) is 6.92 Å². The molecule has 0 amide bonds. The van der Waals surface area contributed by atoms with Crippen molar-refractivity contribution < 1.29 is 10.2 Å². The molecule has 1 aliphatic rings. The largest absolute Gasteiger partial charge is 0.390 e. The molecule has 0 aromatic rings. The molecule has 2 N–H and O–H groups in total. The molecular formula is C10H20O2. The van der Waals surface area contributed by atoms with Gasteiger partial charge in [-0.3, -0.25) is 0 Å². The average Bonchev–Trinajstić information content (AvgIpc) is 1.94. The van der Waals surface area contributed by atoms with E-state index in [1.807, 2.05) is 0 Å². The van der Waals surface area contributed by atoms with E-state index in [2.05, 4.69) is 13.8 Å². The molecule has 3 unspecified atom stereocenters. The van der Waals surface area contributed by atoms with Gasteiger partial charge in [-0.05, 0) is 38.0 Å². The highest BCUT2D eigenvalue weighted by Crippen LogP contribution is 2.35. The van der Waals surface area contributed by atoms with Crippen molar-refractivity contribution in [2.75, 3.05) is 0 Å². The molecule has 0 aliphatic heterocycles. The van der Waals surface area contributed by atoms with Crippen LogP contribution in [0.1, 0.15) is 40.0 Å². The summed E-state index contributed by atoms with van der Waals surface area (Å²) in [7, 11) is 0. The molecule has 3 atom stereocenters. The molecule has 1 rings (SSSR count). The van der Waals surface area contributed by atoms with Crippen molar-refractivity contribution in [2.45, 2.75) is 51.7 Å². The highest BCUT2D eigenvalue weighted by atomic mass is 16.3. The summed E-state index contributed by atoms with van der Waals surface area (Å²) >= 11 is 0. The van der Waals surface area contributed by atoms with Crippen LogP contribution in [0.15, 0.2) is 0 Å². The van der Waals surface area contributed by atoms with Crippen LogP contribution in [0.5, 0.6) is 0 Å². The normalized spacial score (nSPS) is 43.5. The van der Waals surface area contributed by atoms with Crippen molar-refractivity contribution in [3.8, 4) is 0 Å². The van der Waals surface area contributed by atoms with Gasteiger partial charge in [0.15, 0.2) is 0 Å². The van der Waals surface area contributed by atoms with E-state index < -0.39 is 11.7 Å². The average molecular weight is 172 g/mol. The first-order valence-corrected chi connectivity index (χ1v) is 4.84. The van der Waals surface area contributed by atoms with Gasteiger partial charge in [0.2, 0.25) is 0 Å². The van der Waals surface area contributed by atoms with Crippen LogP contribution >= 0.6 is 0 Å². The van der Waals surface area contributed by atoms with Crippen LogP contribution in [0.3, 0.4) is 0 Å². The standard InChI is InChI=1S/C10H20O2/c1-7(2)8-4-5-10(3,12)9(11)6-8/h7-9,11-12H,4-6H2,1-3H3. The molecule has 0 spiro atoms. The predicted octanol–water partition coefficient (Wildman–Crippen LogP) is 1.55. The Morgan fingerprint density at radius 2 is 2.00 bits per heavy atom. The van der Waals surface area contributed by atoms with E-state index in [0.29, 0.717) is 11.8 Å². The van der Waals surface area contributed by atoms with E-state index in [9.17, 15) is 10.2 Å². The quantitative estimate of drug-likeness (QED) is 0.630. The fraction of sp³-hybridized carbons (Fsp3) is 1.00. The van der Waals surface area contributed by atoms with Gasteiger partial charge in [0.1, 0.15) is 0 Å². The topological polar surface area (TPSA) is 40.5 Å². The van der Waals surface area contributed by atoms with Crippen LogP contribution in [0, 0.1) is 11.8 Å². The van der Waals surface area contributed by atoms with Crippen LogP contribution < -0.4 is 0 Å². The third kappa shape index (κ3) is 1.99. The smallest absolute Gasteiger partial charge is 0.0877 e. The summed E-state index contributed by atoms with van der Waals surface area (Å²) in [5, 5.41) is 19.3. The van der Waals surface area contributed by atoms with Crippen LogP contribution in [0.2, 0.25) is 0 Å². The van der Waals surface area contributed by atoms with Gasteiger partial charge in [0.25, 0.3) is 0 Å². The fourth-order valence-electron chi connectivity index (χ4n) is 1.91. The van der Waals surface area contributed by atoms with Gasteiger partial charge in [-0.15, -0.1) is 0 Å². The van der Waals surface area contributed by atoms with Crippen molar-refractivity contribution in [3.63, 3.8) is 0 Å². The maximum atomic E-state index is 9.69. The molecule has 1 saturated carbocycles. The summed E-state index contributed by atoms with van der Waals surface area (Å²) in [6.07, 6.45) is 2.00. The van der Waals surface area contributed by atoms with Gasteiger partial charge in [-0.1, -0.05) is 13.8 Å². The lowest BCUT2D eigenvalue weighted by molar-refractivity contribution is -0.103. The zero-order chi connectivity index (χ0) is 9.35. The molecule has 72 valence electrons. The van der Waals surface area contributed by atoms with Gasteiger partial charge < -0.3 is 10.2 Å². The van der Waals surface area contributed by atoms with Crippen molar-refractivity contribution in [1.29, 1.82) is 0 Å². The molecule has 12 heavy (non-hydrogen) atoms. The molecule has 0 heterocycles. The Morgan fingerprint density at radius 1 is 1.42 bits per heavy atom. The molecule has 2 heteroatoms. The molecule has 1 aliphatic carbocycles. The molecule has 0 aromatic heterocycles. The molecule has 0 bridgehead atoms. The van der Waals surface area contributed by atoms with Crippen molar-refractivity contribution in [1.82, 2.24) is 0 Å². The Labute approximate surface area is 74.6 Å². The minimum absolute atomic E-state index is 0.529. The van der Waals surface area contributed by atoms with Crippen LogP contribution in [-0.4, -0.2) is 21.9 Å². The van der Waals surface area contributed by atoms with Gasteiger partial charge in [-0.25, -0.2) is 0 Å². The zero-order valence-electron chi connectivity index (χ0n) is 8.25. The zero-order valence-corrected chi connectivity index (χ0v) is 8.25. The van der Waals surface area contributed by atoms with E-state index in [0.717, 1.165) is 19.3 Å². The maximum absolute atomic E-state index is 9.69. The van der Waals surface area contributed by atoms with Gasteiger partial charge in [0, 0.05) is 0 Å². The third-order valence-corrected chi connectivity index (χ3v) is 3.21. The Hall–Kier alpha value is -0.0800. The molecule has 0 aromatic carbocycles. The highest BCUT2D eigenvalue weighted by molar-refractivity contribution is 4.89. The highest BCUT2D eigenvalue weighted by Gasteiger charge is 2.37. The summed E-state index contributed by atoms with van der Waals surface area (Å²) in [6, 6.07) is 0. The minimum atomic E-state index is -0.842. The van der Waals surface area contributed by atoms with Crippen molar-refractivity contribution in [2.24, 2.45) is 11.8 Å². The molecule has 1 fully saturated rings. The van der Waals surface area contributed by atoms with Gasteiger partial charge >= 0.3 is 0 Å². The Kier molecular flexibility index (Phi) is 2.79. The first-order chi connectivity index (χ1) is 5.43. The Bertz CT molecular complexity index is 152. The van der Waals surface area contributed by atoms with E-state index in [4.69, 9.17) is 0 Å². The molecular weight excluding hydrogens is 152 g/mol.